The number of aliphatic hydroxyl groups is 3. The number of rotatable bonds is 4. The normalized spacial score (nSPS) is 26.7. The number of nitrogens with zero attached hydrogens (tertiary/aromatic N) is 4. The van der Waals surface area contributed by atoms with Crippen LogP contribution in [0.25, 0.3) is 11.2 Å². The lowest BCUT2D eigenvalue weighted by Gasteiger charge is -2.21. The molecule has 0 aliphatic carbocycles. The van der Waals surface area contributed by atoms with Gasteiger partial charge in [-0.1, -0.05) is 23.7 Å². The molecule has 11 heteroatoms. The number of H-pyrrole nitrogens is 1. The number of ether oxygens (including phenoxy) is 1. The zero-order chi connectivity index (χ0) is 19.8. The van der Waals surface area contributed by atoms with Crippen LogP contribution in [0, 0.1) is 0 Å². The molecule has 28 heavy (non-hydrogen) atoms. The average Bonchev–Trinajstić information content (AvgIpc) is 3.25. The molecule has 1 aliphatic heterocycles. The van der Waals surface area contributed by atoms with Gasteiger partial charge in [0.15, 0.2) is 11.7 Å². The fraction of sp³-hybridized carbons (Fsp3) is 0.353. The van der Waals surface area contributed by atoms with E-state index in [9.17, 15) is 15.3 Å². The van der Waals surface area contributed by atoms with Gasteiger partial charge in [0.25, 0.3) is 0 Å². The number of aromatic amines is 1. The minimum absolute atomic E-state index is 0.362. The van der Waals surface area contributed by atoms with E-state index in [1.54, 1.807) is 31.3 Å². The highest BCUT2D eigenvalue weighted by Gasteiger charge is 2.47. The molecule has 1 aliphatic rings. The molecule has 148 valence electrons. The van der Waals surface area contributed by atoms with E-state index >= 15 is 0 Å². The Labute approximate surface area is 164 Å². The summed E-state index contributed by atoms with van der Waals surface area (Å²) in [7, 11) is 1.64. The number of benzene rings is 1. The van der Waals surface area contributed by atoms with E-state index in [-0.39, 0.29) is 0 Å². The first-order chi connectivity index (χ1) is 13.5. The van der Waals surface area contributed by atoms with Crippen molar-refractivity contribution in [1.29, 1.82) is 0 Å². The van der Waals surface area contributed by atoms with Crippen molar-refractivity contribution in [3.05, 3.63) is 53.0 Å². The van der Waals surface area contributed by atoms with E-state index in [2.05, 4.69) is 25.5 Å². The van der Waals surface area contributed by atoms with Gasteiger partial charge in [-0.3, -0.25) is 4.57 Å². The standard InChI is InChI=1S/C17H19ClN6O4/c1-19-23-15-10-16(21-6-20-15)24(7-22-10)17-13(27)12(26)14(28-17)11(25)8-2-4-9(18)5-3-8/h2-7,11-14,17,19,25-27H,1H3,(H,20,21,23)/t11?,12-,13+,14+,17+/m0/s1. The van der Waals surface area contributed by atoms with Crippen molar-refractivity contribution in [3.63, 3.8) is 0 Å². The number of halogens is 1. The molecule has 3 heterocycles. The SMILES string of the molecule is CNN=c1nc[nH]c2c1ncn2[C@@H]1O[C@H](C(O)c2ccc(Cl)cc2)[C@@H](O)[C@H]1O. The Morgan fingerprint density at radius 1 is 1.25 bits per heavy atom. The molecule has 3 aromatic rings. The van der Waals surface area contributed by atoms with Crippen molar-refractivity contribution in [2.24, 2.45) is 5.10 Å². The summed E-state index contributed by atoms with van der Waals surface area (Å²) in [6, 6.07) is 6.54. The van der Waals surface area contributed by atoms with Crippen LogP contribution in [0.15, 0.2) is 42.0 Å². The van der Waals surface area contributed by atoms with Crippen LogP contribution in [0.1, 0.15) is 17.9 Å². The van der Waals surface area contributed by atoms with Crippen LogP contribution < -0.4 is 10.9 Å². The average molecular weight is 407 g/mol. The van der Waals surface area contributed by atoms with Gasteiger partial charge in [-0.05, 0) is 17.7 Å². The Hall–Kier alpha value is -2.50. The minimum atomic E-state index is -1.31. The molecule has 1 unspecified atom stereocenters. The van der Waals surface area contributed by atoms with E-state index in [1.165, 1.54) is 17.2 Å². The molecule has 4 rings (SSSR count). The second-order valence-corrected chi connectivity index (χ2v) is 6.82. The molecular weight excluding hydrogens is 388 g/mol. The van der Waals surface area contributed by atoms with Crippen molar-refractivity contribution in [2.45, 2.75) is 30.6 Å². The predicted octanol–water partition coefficient (Wildman–Crippen LogP) is -0.199. The molecule has 2 aromatic heterocycles. The van der Waals surface area contributed by atoms with Gasteiger partial charge in [0, 0.05) is 12.1 Å². The van der Waals surface area contributed by atoms with Crippen molar-refractivity contribution >= 4 is 22.8 Å². The molecule has 5 N–H and O–H groups in total. The van der Waals surface area contributed by atoms with Crippen LogP contribution in [-0.4, -0.2) is 60.2 Å². The summed E-state index contributed by atoms with van der Waals surface area (Å²) in [5.41, 5.74) is 4.49. The first-order valence-corrected chi connectivity index (χ1v) is 8.95. The van der Waals surface area contributed by atoms with Crippen molar-refractivity contribution < 1.29 is 20.1 Å². The molecule has 0 spiro atoms. The maximum Gasteiger partial charge on any atom is 0.202 e. The van der Waals surface area contributed by atoms with Gasteiger partial charge in [-0.2, -0.15) is 5.10 Å². The third-order valence-corrected chi connectivity index (χ3v) is 4.94. The van der Waals surface area contributed by atoms with Crippen molar-refractivity contribution in [1.82, 2.24) is 24.9 Å². The Morgan fingerprint density at radius 3 is 2.71 bits per heavy atom. The van der Waals surface area contributed by atoms with E-state index in [1.807, 2.05) is 0 Å². The fourth-order valence-electron chi connectivity index (χ4n) is 3.29. The lowest BCUT2D eigenvalue weighted by molar-refractivity contribution is -0.0849. The largest absolute Gasteiger partial charge is 0.387 e. The van der Waals surface area contributed by atoms with E-state index in [0.29, 0.717) is 27.2 Å². The molecule has 1 fully saturated rings. The summed E-state index contributed by atoms with van der Waals surface area (Å²) in [5.74, 6) is 0. The van der Waals surface area contributed by atoms with Crippen LogP contribution in [0.2, 0.25) is 5.02 Å². The minimum Gasteiger partial charge on any atom is -0.387 e. The van der Waals surface area contributed by atoms with Crippen LogP contribution >= 0.6 is 11.6 Å². The van der Waals surface area contributed by atoms with Crippen LogP contribution in [0.3, 0.4) is 0 Å². The summed E-state index contributed by atoms with van der Waals surface area (Å²) in [6.07, 6.45) is -2.85. The van der Waals surface area contributed by atoms with Gasteiger partial charge in [0.05, 0.1) is 12.7 Å². The highest BCUT2D eigenvalue weighted by molar-refractivity contribution is 6.30. The molecule has 1 aromatic carbocycles. The summed E-state index contributed by atoms with van der Waals surface area (Å²) in [4.78, 5) is 11.3. The Kier molecular flexibility index (Phi) is 5.04. The number of hydrogen-bond acceptors (Lipinski definition) is 8. The zero-order valence-corrected chi connectivity index (χ0v) is 15.5. The maximum absolute atomic E-state index is 10.6. The van der Waals surface area contributed by atoms with Crippen LogP contribution in [0.5, 0.6) is 0 Å². The summed E-state index contributed by atoms with van der Waals surface area (Å²) in [6.45, 7) is 0. The number of imidazole rings is 1. The molecule has 0 bridgehead atoms. The third kappa shape index (κ3) is 3.15. The quantitative estimate of drug-likeness (QED) is 0.378. The molecular formula is C17H19ClN6O4. The number of nitrogens with one attached hydrogen (secondary N) is 2. The van der Waals surface area contributed by atoms with Crippen LogP contribution in [-0.2, 0) is 4.74 Å². The second kappa shape index (κ2) is 7.49. The molecule has 1 saturated heterocycles. The molecule has 0 saturated carbocycles. The summed E-state index contributed by atoms with van der Waals surface area (Å²) < 4.78 is 7.37. The Balaban J connectivity index is 1.67. The number of aliphatic hydroxyl groups excluding tert-OH is 3. The molecule has 10 nitrogen and oxygen atoms in total. The highest BCUT2D eigenvalue weighted by atomic mass is 35.5. The van der Waals surface area contributed by atoms with Crippen LogP contribution in [0.4, 0.5) is 0 Å². The Bertz CT molecular complexity index is 1040. The van der Waals surface area contributed by atoms with Gasteiger partial charge in [-0.15, -0.1) is 0 Å². The maximum atomic E-state index is 10.6. The van der Waals surface area contributed by atoms with Gasteiger partial charge < -0.3 is 30.5 Å². The zero-order valence-electron chi connectivity index (χ0n) is 14.8. The smallest absolute Gasteiger partial charge is 0.202 e. The van der Waals surface area contributed by atoms with E-state index < -0.39 is 30.6 Å². The highest BCUT2D eigenvalue weighted by Crippen LogP contribution is 2.37. The Morgan fingerprint density at radius 2 is 2.00 bits per heavy atom. The van der Waals surface area contributed by atoms with Crippen molar-refractivity contribution in [2.75, 3.05) is 7.05 Å². The van der Waals surface area contributed by atoms with Gasteiger partial charge >= 0.3 is 0 Å². The van der Waals surface area contributed by atoms with Gasteiger partial charge in [0.1, 0.15) is 30.1 Å². The first kappa shape index (κ1) is 18.8. The fourth-order valence-corrected chi connectivity index (χ4v) is 3.42. The van der Waals surface area contributed by atoms with Gasteiger partial charge in [-0.25, -0.2) is 9.97 Å². The summed E-state index contributed by atoms with van der Waals surface area (Å²) >= 11 is 5.88. The molecule has 5 atom stereocenters. The number of fused-ring (bicyclic) bond motifs is 1. The molecule has 0 amide bonds. The summed E-state index contributed by atoms with van der Waals surface area (Å²) in [5, 5.41) is 36.2. The first-order valence-electron chi connectivity index (χ1n) is 8.57. The van der Waals surface area contributed by atoms with E-state index in [4.69, 9.17) is 16.3 Å². The third-order valence-electron chi connectivity index (χ3n) is 4.68. The number of hydrogen-bond donors (Lipinski definition) is 5. The predicted molar refractivity (Wildman–Crippen MR) is 98.8 cm³/mol. The van der Waals surface area contributed by atoms with E-state index in [0.717, 1.165) is 0 Å². The van der Waals surface area contributed by atoms with Gasteiger partial charge in [0.2, 0.25) is 5.49 Å². The monoisotopic (exact) mass is 406 g/mol. The second-order valence-electron chi connectivity index (χ2n) is 6.38. The number of aromatic nitrogens is 4. The topological polar surface area (TPSA) is 141 Å². The molecule has 0 radical (unpaired) electrons. The lowest BCUT2D eigenvalue weighted by Crippen LogP contribution is -2.34. The lowest BCUT2D eigenvalue weighted by atomic mass is 9.99. The van der Waals surface area contributed by atoms with Crippen molar-refractivity contribution in [3.8, 4) is 0 Å².